The molecule has 1 saturated heterocycles. The average molecular weight is 325 g/mol. The lowest BCUT2D eigenvalue weighted by Gasteiger charge is -2.22. The zero-order chi connectivity index (χ0) is 13.2. The maximum absolute atomic E-state index is 12.1. The van der Waals surface area contributed by atoms with Crippen LogP contribution in [-0.2, 0) is 10.0 Å². The van der Waals surface area contributed by atoms with Gasteiger partial charge in [-0.15, -0.1) is 23.7 Å². The number of sulfonamides is 1. The summed E-state index contributed by atoms with van der Waals surface area (Å²) in [5, 5.41) is 3.28. The molecule has 7 heteroatoms. The molecule has 0 amide bonds. The van der Waals surface area contributed by atoms with Gasteiger partial charge >= 0.3 is 0 Å². The summed E-state index contributed by atoms with van der Waals surface area (Å²) in [5.41, 5.74) is 1.04. The fourth-order valence-electron chi connectivity index (χ4n) is 2.06. The topological polar surface area (TPSA) is 58.2 Å². The molecule has 0 unspecified atom stereocenters. The lowest BCUT2D eigenvalue weighted by Crippen LogP contribution is -2.35. The molecule has 0 spiro atoms. The molecule has 0 aliphatic carbocycles. The van der Waals surface area contributed by atoms with Crippen LogP contribution in [-0.4, -0.2) is 28.1 Å². The van der Waals surface area contributed by atoms with Crippen LogP contribution in [0.3, 0.4) is 0 Å². The van der Waals surface area contributed by atoms with Gasteiger partial charge in [0.05, 0.1) is 0 Å². The quantitative estimate of drug-likeness (QED) is 0.891. The predicted molar refractivity (Wildman–Crippen MR) is 81.8 cm³/mol. The lowest BCUT2D eigenvalue weighted by molar-refractivity contribution is 0.372. The van der Waals surface area contributed by atoms with Gasteiger partial charge in [0.2, 0.25) is 10.0 Å². The minimum atomic E-state index is -3.31. The van der Waals surface area contributed by atoms with Crippen molar-refractivity contribution in [1.29, 1.82) is 0 Å². The highest BCUT2D eigenvalue weighted by molar-refractivity contribution is 7.91. The van der Waals surface area contributed by atoms with E-state index in [-0.39, 0.29) is 12.4 Å². The van der Waals surface area contributed by atoms with E-state index in [4.69, 9.17) is 0 Å². The number of halogens is 1. The van der Waals surface area contributed by atoms with E-state index in [1.165, 1.54) is 11.3 Å². The van der Waals surface area contributed by atoms with Crippen LogP contribution >= 0.6 is 23.7 Å². The molecule has 2 N–H and O–H groups in total. The first kappa shape index (κ1) is 16.9. The number of rotatable bonds is 4. The van der Waals surface area contributed by atoms with Gasteiger partial charge < -0.3 is 5.32 Å². The highest BCUT2D eigenvalue weighted by Gasteiger charge is 2.20. The van der Waals surface area contributed by atoms with Gasteiger partial charge in [0, 0.05) is 11.4 Å². The fourth-order valence-corrected chi connectivity index (χ4v) is 4.73. The Hall–Kier alpha value is -0.140. The van der Waals surface area contributed by atoms with Crippen LogP contribution in [0, 0.1) is 19.8 Å². The second kappa shape index (κ2) is 7.04. The molecular weight excluding hydrogens is 304 g/mol. The van der Waals surface area contributed by atoms with Crippen LogP contribution in [0.4, 0.5) is 0 Å². The summed E-state index contributed by atoms with van der Waals surface area (Å²) in [6.45, 7) is 6.43. The van der Waals surface area contributed by atoms with Crippen LogP contribution in [0.5, 0.6) is 0 Å². The molecule has 1 aromatic heterocycles. The zero-order valence-electron chi connectivity index (χ0n) is 11.2. The third-order valence-corrected chi connectivity index (χ3v) is 6.48. The van der Waals surface area contributed by atoms with Crippen LogP contribution in [0.15, 0.2) is 10.3 Å². The highest BCUT2D eigenvalue weighted by atomic mass is 35.5. The minimum Gasteiger partial charge on any atom is -0.317 e. The van der Waals surface area contributed by atoms with Crippen LogP contribution in [0.2, 0.25) is 0 Å². The Morgan fingerprint density at radius 1 is 1.37 bits per heavy atom. The molecule has 0 saturated carbocycles. The Bertz CT molecular complexity index is 488. The zero-order valence-corrected chi connectivity index (χ0v) is 13.7. The van der Waals surface area contributed by atoms with Crippen molar-refractivity contribution in [1.82, 2.24) is 10.0 Å². The third-order valence-electron chi connectivity index (χ3n) is 3.43. The van der Waals surface area contributed by atoms with Crippen LogP contribution in [0.25, 0.3) is 0 Å². The van der Waals surface area contributed by atoms with E-state index in [1.807, 2.05) is 13.8 Å². The van der Waals surface area contributed by atoms with Crippen molar-refractivity contribution in [3.8, 4) is 0 Å². The molecule has 19 heavy (non-hydrogen) atoms. The fraction of sp³-hybridized carbons (Fsp3) is 0.667. The maximum Gasteiger partial charge on any atom is 0.250 e. The first-order valence-electron chi connectivity index (χ1n) is 6.26. The van der Waals surface area contributed by atoms with E-state index in [1.54, 1.807) is 6.07 Å². The van der Waals surface area contributed by atoms with E-state index < -0.39 is 10.0 Å². The number of aryl methyl sites for hydroxylation is 2. The molecule has 1 aliphatic heterocycles. The van der Waals surface area contributed by atoms with E-state index in [2.05, 4.69) is 10.0 Å². The van der Waals surface area contributed by atoms with E-state index in [0.717, 1.165) is 36.4 Å². The Morgan fingerprint density at radius 2 is 2.00 bits per heavy atom. The number of nitrogens with one attached hydrogen (secondary N) is 2. The van der Waals surface area contributed by atoms with E-state index >= 15 is 0 Å². The Balaban J connectivity index is 0.00000180. The number of piperidine rings is 1. The average Bonchev–Trinajstić information content (AvgIpc) is 2.70. The summed E-state index contributed by atoms with van der Waals surface area (Å²) in [5.74, 6) is 0.461. The molecule has 0 bridgehead atoms. The van der Waals surface area contributed by atoms with Gasteiger partial charge in [-0.1, -0.05) is 0 Å². The molecular formula is C12H21ClN2O2S2. The summed E-state index contributed by atoms with van der Waals surface area (Å²) >= 11 is 1.35. The monoisotopic (exact) mass is 324 g/mol. The van der Waals surface area contributed by atoms with Crippen LogP contribution < -0.4 is 10.0 Å². The number of thiophene rings is 1. The number of hydrogen-bond acceptors (Lipinski definition) is 4. The van der Waals surface area contributed by atoms with Gasteiger partial charge in [0.25, 0.3) is 0 Å². The standard InChI is InChI=1S/C12H20N2O2S2.ClH/c1-9-7-12(17-10(9)2)18(15,16)14-8-11-3-5-13-6-4-11;/h7,11,13-14H,3-6,8H2,1-2H3;1H. The van der Waals surface area contributed by atoms with E-state index in [9.17, 15) is 8.42 Å². The second-order valence-electron chi connectivity index (χ2n) is 4.85. The molecule has 1 aromatic rings. The van der Waals surface area contributed by atoms with Gasteiger partial charge in [-0.3, -0.25) is 0 Å². The summed E-state index contributed by atoms with van der Waals surface area (Å²) in [7, 11) is -3.31. The molecule has 0 radical (unpaired) electrons. The van der Waals surface area contributed by atoms with Crippen molar-refractivity contribution in [3.63, 3.8) is 0 Å². The first-order valence-corrected chi connectivity index (χ1v) is 8.56. The Kier molecular flexibility index (Phi) is 6.26. The predicted octanol–water partition coefficient (Wildman–Crippen LogP) is 2.06. The normalized spacial score (nSPS) is 17.2. The van der Waals surface area contributed by atoms with Gasteiger partial charge in [0.15, 0.2) is 0 Å². The van der Waals surface area contributed by atoms with Crippen molar-refractivity contribution >= 4 is 33.8 Å². The summed E-state index contributed by atoms with van der Waals surface area (Å²) in [6.07, 6.45) is 2.09. The molecule has 110 valence electrons. The van der Waals surface area contributed by atoms with Crippen LogP contribution in [0.1, 0.15) is 23.3 Å². The highest BCUT2D eigenvalue weighted by Crippen LogP contribution is 2.25. The van der Waals surface area contributed by atoms with E-state index in [0.29, 0.717) is 16.7 Å². The van der Waals surface area contributed by atoms with Crippen molar-refractivity contribution in [2.24, 2.45) is 5.92 Å². The first-order chi connectivity index (χ1) is 8.49. The third kappa shape index (κ3) is 4.43. The van der Waals surface area contributed by atoms with Gasteiger partial charge in [-0.05, 0) is 57.3 Å². The summed E-state index contributed by atoms with van der Waals surface area (Å²) < 4.78 is 27.4. The molecule has 1 fully saturated rings. The van der Waals surface area contributed by atoms with Crippen molar-refractivity contribution in [2.75, 3.05) is 19.6 Å². The molecule has 0 aromatic carbocycles. The summed E-state index contributed by atoms with van der Waals surface area (Å²) in [6, 6.07) is 1.75. The largest absolute Gasteiger partial charge is 0.317 e. The lowest BCUT2D eigenvalue weighted by atomic mass is 9.99. The molecule has 4 nitrogen and oxygen atoms in total. The van der Waals surface area contributed by atoms with Gasteiger partial charge in [0.1, 0.15) is 4.21 Å². The molecule has 2 heterocycles. The Labute approximate surface area is 125 Å². The Morgan fingerprint density at radius 3 is 2.53 bits per heavy atom. The van der Waals surface area contributed by atoms with Gasteiger partial charge in [-0.25, -0.2) is 13.1 Å². The molecule has 2 rings (SSSR count). The summed E-state index contributed by atoms with van der Waals surface area (Å²) in [4.78, 5) is 1.07. The second-order valence-corrected chi connectivity index (χ2v) is 8.10. The van der Waals surface area contributed by atoms with Crippen molar-refractivity contribution in [2.45, 2.75) is 30.9 Å². The maximum atomic E-state index is 12.1. The minimum absolute atomic E-state index is 0. The van der Waals surface area contributed by atoms with Crippen molar-refractivity contribution in [3.05, 3.63) is 16.5 Å². The molecule has 1 aliphatic rings. The SMILES string of the molecule is Cc1cc(S(=O)(=O)NCC2CCNCC2)sc1C.Cl. The molecule has 0 atom stereocenters. The van der Waals surface area contributed by atoms with Crippen molar-refractivity contribution < 1.29 is 8.42 Å². The smallest absolute Gasteiger partial charge is 0.250 e. The number of hydrogen-bond donors (Lipinski definition) is 2. The van der Waals surface area contributed by atoms with Gasteiger partial charge in [-0.2, -0.15) is 0 Å².